The lowest BCUT2D eigenvalue weighted by Crippen LogP contribution is -1.86. The van der Waals surface area contributed by atoms with Crippen molar-refractivity contribution in [1.82, 2.24) is 22.5 Å². The normalized spacial score (nSPS) is 11.6. The SMILES string of the molecule is c1csc(-c2ccc(-c3ccc(-c4ccc(-c5cccs5)c5nsnc45)[nH]3)c3nsnc23)c1. The monoisotopic (exact) mass is 499 g/mol. The molecule has 0 radical (unpaired) electrons. The molecule has 5 nitrogen and oxygen atoms in total. The van der Waals surface area contributed by atoms with Crippen LogP contribution in [0.5, 0.6) is 0 Å². The van der Waals surface area contributed by atoms with Crippen LogP contribution >= 0.6 is 46.1 Å². The van der Waals surface area contributed by atoms with Gasteiger partial charge in [-0.05, 0) is 47.2 Å². The molecule has 0 saturated carbocycles. The molecule has 158 valence electrons. The molecule has 0 aliphatic heterocycles. The van der Waals surface area contributed by atoms with Crippen LogP contribution < -0.4 is 0 Å². The summed E-state index contributed by atoms with van der Waals surface area (Å²) >= 11 is 5.94. The third kappa shape index (κ3) is 3.08. The molecule has 0 bridgehead atoms. The van der Waals surface area contributed by atoms with Crippen molar-refractivity contribution in [3.63, 3.8) is 0 Å². The highest BCUT2D eigenvalue weighted by Gasteiger charge is 2.18. The molecule has 7 rings (SSSR count). The fraction of sp³-hybridized carbons (Fsp3) is 0. The van der Waals surface area contributed by atoms with Gasteiger partial charge in [-0.15, -0.1) is 22.7 Å². The molecule has 9 heteroatoms. The molecule has 0 unspecified atom stereocenters. The van der Waals surface area contributed by atoms with Crippen LogP contribution in [0.25, 0.3) is 65.5 Å². The second kappa shape index (κ2) is 7.67. The van der Waals surface area contributed by atoms with Crippen LogP contribution in [0.3, 0.4) is 0 Å². The number of aromatic nitrogens is 5. The number of nitrogens with zero attached hydrogens (tertiary/aromatic N) is 4. The zero-order valence-electron chi connectivity index (χ0n) is 16.9. The number of nitrogens with one attached hydrogen (secondary N) is 1. The Kier molecular flexibility index (Phi) is 4.47. The Morgan fingerprint density at radius 3 is 1.33 bits per heavy atom. The van der Waals surface area contributed by atoms with Crippen LogP contribution in [0.1, 0.15) is 0 Å². The molecule has 33 heavy (non-hydrogen) atoms. The number of rotatable bonds is 4. The summed E-state index contributed by atoms with van der Waals surface area (Å²) in [6.45, 7) is 0. The first-order valence-corrected chi connectivity index (χ1v) is 13.4. The zero-order valence-corrected chi connectivity index (χ0v) is 20.1. The summed E-state index contributed by atoms with van der Waals surface area (Å²) in [5, 5.41) is 4.17. The van der Waals surface area contributed by atoms with Gasteiger partial charge in [0, 0.05) is 43.4 Å². The predicted octanol–water partition coefficient (Wildman–Crippen LogP) is 7.82. The maximum absolute atomic E-state index is 4.62. The van der Waals surface area contributed by atoms with E-state index in [1.165, 1.54) is 33.2 Å². The Labute approximate surface area is 204 Å². The Bertz CT molecular complexity index is 1590. The summed E-state index contributed by atoms with van der Waals surface area (Å²) in [6.07, 6.45) is 0. The van der Waals surface area contributed by atoms with Gasteiger partial charge in [-0.25, -0.2) is 0 Å². The molecular weight excluding hydrogens is 487 g/mol. The van der Waals surface area contributed by atoms with Crippen molar-refractivity contribution in [2.45, 2.75) is 0 Å². The molecule has 0 saturated heterocycles. The number of benzene rings is 2. The third-order valence-corrected chi connectivity index (χ3v) is 8.53. The van der Waals surface area contributed by atoms with Crippen LogP contribution in [-0.4, -0.2) is 22.5 Å². The Morgan fingerprint density at radius 2 is 0.909 bits per heavy atom. The van der Waals surface area contributed by atoms with Gasteiger partial charge in [0.25, 0.3) is 0 Å². The summed E-state index contributed by atoms with van der Waals surface area (Å²) < 4.78 is 18.5. The number of aromatic amines is 1. The quantitative estimate of drug-likeness (QED) is 0.268. The number of hydrogen-bond donors (Lipinski definition) is 1. The van der Waals surface area contributed by atoms with E-state index in [-0.39, 0.29) is 0 Å². The van der Waals surface area contributed by atoms with Gasteiger partial charge < -0.3 is 4.98 Å². The van der Waals surface area contributed by atoms with Crippen molar-refractivity contribution in [3.8, 4) is 43.4 Å². The second-order valence-corrected chi connectivity index (χ2v) is 10.4. The van der Waals surface area contributed by atoms with Gasteiger partial charge in [-0.1, -0.05) is 24.3 Å². The van der Waals surface area contributed by atoms with Gasteiger partial charge >= 0.3 is 0 Å². The van der Waals surface area contributed by atoms with Crippen molar-refractivity contribution in [3.05, 3.63) is 71.4 Å². The average molecular weight is 500 g/mol. The Hall–Kier alpha value is -3.24. The number of hydrogen-bond acceptors (Lipinski definition) is 8. The second-order valence-electron chi connectivity index (χ2n) is 7.48. The lowest BCUT2D eigenvalue weighted by atomic mass is 10.1. The summed E-state index contributed by atoms with van der Waals surface area (Å²) in [5.41, 5.74) is 10.1. The highest BCUT2D eigenvalue weighted by molar-refractivity contribution is 7.14. The van der Waals surface area contributed by atoms with Gasteiger partial charge in [0.2, 0.25) is 0 Å². The molecule has 5 aromatic heterocycles. The molecular formula is C24H13N5S4. The van der Waals surface area contributed by atoms with E-state index in [9.17, 15) is 0 Å². The number of H-pyrrole nitrogens is 1. The standard InChI is InChI=1S/C24H13N5S4/c1-3-19(30-11-1)15-7-5-13(21-23(15)28-32-26-21)17-9-10-18(25-17)14-6-8-16(20-4-2-12-31-20)24-22(14)27-33-29-24/h1-12,25H. The van der Waals surface area contributed by atoms with Crippen LogP contribution in [-0.2, 0) is 0 Å². The van der Waals surface area contributed by atoms with Gasteiger partial charge in [0.1, 0.15) is 22.1 Å². The smallest absolute Gasteiger partial charge is 0.114 e. The zero-order chi connectivity index (χ0) is 21.8. The van der Waals surface area contributed by atoms with Gasteiger partial charge in [-0.3, -0.25) is 0 Å². The van der Waals surface area contributed by atoms with Crippen molar-refractivity contribution in [2.24, 2.45) is 0 Å². The maximum Gasteiger partial charge on any atom is 0.114 e. The van der Waals surface area contributed by atoms with Crippen molar-refractivity contribution >= 4 is 68.2 Å². The van der Waals surface area contributed by atoms with E-state index in [1.807, 2.05) is 0 Å². The largest absolute Gasteiger partial charge is 0.354 e. The van der Waals surface area contributed by atoms with E-state index >= 15 is 0 Å². The van der Waals surface area contributed by atoms with E-state index in [0.29, 0.717) is 0 Å². The third-order valence-electron chi connectivity index (χ3n) is 5.67. The molecule has 5 heterocycles. The maximum atomic E-state index is 4.62. The molecule has 0 amide bonds. The summed E-state index contributed by atoms with van der Waals surface area (Å²) in [7, 11) is 0. The Balaban J connectivity index is 1.34. The highest BCUT2D eigenvalue weighted by atomic mass is 32.1. The van der Waals surface area contributed by atoms with E-state index in [2.05, 4.69) is 93.9 Å². The minimum atomic E-state index is 0.924. The van der Waals surface area contributed by atoms with Crippen molar-refractivity contribution < 1.29 is 0 Å². The van der Waals surface area contributed by atoms with E-state index < -0.39 is 0 Å². The van der Waals surface area contributed by atoms with E-state index in [4.69, 9.17) is 0 Å². The summed E-state index contributed by atoms with van der Waals surface area (Å²) in [5.74, 6) is 0. The Morgan fingerprint density at radius 1 is 0.485 bits per heavy atom. The van der Waals surface area contributed by atoms with E-state index in [0.717, 1.165) is 55.7 Å². The van der Waals surface area contributed by atoms with E-state index in [1.54, 1.807) is 22.7 Å². The molecule has 0 spiro atoms. The number of thiophene rings is 2. The van der Waals surface area contributed by atoms with Gasteiger partial charge in [-0.2, -0.15) is 17.5 Å². The van der Waals surface area contributed by atoms with Crippen LogP contribution in [0, 0.1) is 0 Å². The van der Waals surface area contributed by atoms with Crippen LogP contribution in [0.2, 0.25) is 0 Å². The average Bonchev–Trinajstić information content (AvgIpc) is 3.69. The fourth-order valence-electron chi connectivity index (χ4n) is 4.14. The molecule has 0 atom stereocenters. The van der Waals surface area contributed by atoms with Gasteiger partial charge in [0.15, 0.2) is 0 Å². The topological polar surface area (TPSA) is 67.3 Å². The van der Waals surface area contributed by atoms with Gasteiger partial charge in [0.05, 0.1) is 23.5 Å². The molecule has 1 N–H and O–H groups in total. The first-order valence-electron chi connectivity index (χ1n) is 10.1. The molecule has 2 aromatic carbocycles. The van der Waals surface area contributed by atoms with Crippen LogP contribution in [0.15, 0.2) is 71.4 Å². The van der Waals surface area contributed by atoms with Crippen molar-refractivity contribution in [2.75, 3.05) is 0 Å². The first-order chi connectivity index (χ1) is 16.4. The first kappa shape index (κ1) is 19.2. The lowest BCUT2D eigenvalue weighted by Gasteiger charge is -2.05. The van der Waals surface area contributed by atoms with Crippen molar-refractivity contribution in [1.29, 1.82) is 0 Å². The molecule has 0 aliphatic carbocycles. The number of fused-ring (bicyclic) bond motifs is 2. The molecule has 7 aromatic rings. The molecule has 0 fully saturated rings. The fourth-order valence-corrected chi connectivity index (χ4v) is 6.79. The molecule has 0 aliphatic rings. The minimum absolute atomic E-state index is 0.924. The lowest BCUT2D eigenvalue weighted by molar-refractivity contribution is 1.40. The summed E-state index contributed by atoms with van der Waals surface area (Å²) in [6, 6.07) is 21.1. The highest BCUT2D eigenvalue weighted by Crippen LogP contribution is 2.39. The summed E-state index contributed by atoms with van der Waals surface area (Å²) in [4.78, 5) is 6.01. The predicted molar refractivity (Wildman–Crippen MR) is 140 cm³/mol. The minimum Gasteiger partial charge on any atom is -0.354 e. The van der Waals surface area contributed by atoms with Crippen LogP contribution in [0.4, 0.5) is 0 Å².